The summed E-state index contributed by atoms with van der Waals surface area (Å²) in [6.45, 7) is 2.32. The fourth-order valence-corrected chi connectivity index (χ4v) is 2.51. The first-order valence-corrected chi connectivity index (χ1v) is 6.81. The van der Waals surface area contributed by atoms with Gasteiger partial charge in [-0.1, -0.05) is 0 Å². The standard InChI is InChI=1S/C15H17FN2O2/c16-12-5-3-11(4-6-12)15-17-13(10-20-15)8-18-7-1-2-14(19)9-18/h3-6,10,14,19H,1-2,7-9H2/t14-/m0/s1. The van der Waals surface area contributed by atoms with E-state index in [0.717, 1.165) is 30.6 Å². The Hall–Kier alpha value is -1.72. The van der Waals surface area contributed by atoms with Crippen LogP contribution in [0.25, 0.3) is 11.5 Å². The third-order valence-electron chi connectivity index (χ3n) is 3.51. The average molecular weight is 276 g/mol. The van der Waals surface area contributed by atoms with Crippen molar-refractivity contribution in [2.45, 2.75) is 25.5 Å². The molecule has 2 aromatic rings. The van der Waals surface area contributed by atoms with E-state index >= 15 is 0 Å². The third kappa shape index (κ3) is 3.05. The van der Waals surface area contributed by atoms with Gasteiger partial charge in [0.2, 0.25) is 5.89 Å². The molecule has 1 aliphatic heterocycles. The Morgan fingerprint density at radius 2 is 2.15 bits per heavy atom. The molecule has 0 aliphatic carbocycles. The highest BCUT2D eigenvalue weighted by Gasteiger charge is 2.19. The van der Waals surface area contributed by atoms with Crippen LogP contribution in [0, 0.1) is 5.82 Å². The number of aliphatic hydroxyl groups excluding tert-OH is 1. The van der Waals surface area contributed by atoms with Gasteiger partial charge in [-0.25, -0.2) is 9.37 Å². The van der Waals surface area contributed by atoms with E-state index in [4.69, 9.17) is 4.42 Å². The van der Waals surface area contributed by atoms with Crippen molar-refractivity contribution >= 4 is 0 Å². The van der Waals surface area contributed by atoms with Gasteiger partial charge < -0.3 is 9.52 Å². The number of aromatic nitrogens is 1. The molecule has 2 heterocycles. The fraction of sp³-hybridized carbons (Fsp3) is 0.400. The van der Waals surface area contributed by atoms with Crippen molar-refractivity contribution in [2.75, 3.05) is 13.1 Å². The summed E-state index contributed by atoms with van der Waals surface area (Å²) in [7, 11) is 0. The zero-order valence-corrected chi connectivity index (χ0v) is 11.1. The van der Waals surface area contributed by atoms with Gasteiger partial charge in [0.15, 0.2) is 0 Å². The van der Waals surface area contributed by atoms with Crippen LogP contribution in [0.4, 0.5) is 4.39 Å². The number of hydrogen-bond acceptors (Lipinski definition) is 4. The summed E-state index contributed by atoms with van der Waals surface area (Å²) in [5, 5.41) is 9.65. The summed E-state index contributed by atoms with van der Waals surface area (Å²) in [4.78, 5) is 6.58. The summed E-state index contributed by atoms with van der Waals surface area (Å²) in [6, 6.07) is 6.07. The lowest BCUT2D eigenvalue weighted by molar-refractivity contribution is 0.0662. The highest BCUT2D eigenvalue weighted by Crippen LogP contribution is 2.20. The molecule has 1 aliphatic rings. The van der Waals surface area contributed by atoms with Gasteiger partial charge in [0, 0.05) is 18.7 Å². The van der Waals surface area contributed by atoms with Gasteiger partial charge in [0.1, 0.15) is 12.1 Å². The van der Waals surface area contributed by atoms with Crippen LogP contribution >= 0.6 is 0 Å². The van der Waals surface area contributed by atoms with Gasteiger partial charge >= 0.3 is 0 Å². The number of nitrogens with zero attached hydrogens (tertiary/aromatic N) is 2. The van der Waals surface area contributed by atoms with E-state index < -0.39 is 0 Å². The van der Waals surface area contributed by atoms with Gasteiger partial charge in [0.05, 0.1) is 11.8 Å². The van der Waals surface area contributed by atoms with E-state index in [9.17, 15) is 9.50 Å². The van der Waals surface area contributed by atoms with E-state index in [0.29, 0.717) is 19.0 Å². The molecule has 0 spiro atoms. The number of hydrogen-bond donors (Lipinski definition) is 1. The summed E-state index contributed by atoms with van der Waals surface area (Å²) < 4.78 is 18.3. The van der Waals surface area contributed by atoms with Crippen LogP contribution in [0.2, 0.25) is 0 Å². The van der Waals surface area contributed by atoms with E-state index in [-0.39, 0.29) is 11.9 Å². The highest BCUT2D eigenvalue weighted by molar-refractivity contribution is 5.52. The second-order valence-corrected chi connectivity index (χ2v) is 5.18. The SMILES string of the molecule is O[C@H]1CCCN(Cc2coc(-c3ccc(F)cc3)n2)C1. The highest BCUT2D eigenvalue weighted by atomic mass is 19.1. The van der Waals surface area contributed by atoms with Crippen LogP contribution in [0.15, 0.2) is 34.9 Å². The minimum Gasteiger partial charge on any atom is -0.444 e. The van der Waals surface area contributed by atoms with E-state index in [1.807, 2.05) is 0 Å². The molecular formula is C15H17FN2O2. The van der Waals surface area contributed by atoms with Crippen LogP contribution in [0.1, 0.15) is 18.5 Å². The smallest absolute Gasteiger partial charge is 0.226 e. The molecule has 0 saturated carbocycles. The Morgan fingerprint density at radius 3 is 2.90 bits per heavy atom. The normalized spacial score (nSPS) is 20.2. The zero-order chi connectivity index (χ0) is 13.9. The lowest BCUT2D eigenvalue weighted by Crippen LogP contribution is -2.37. The number of oxazole rings is 1. The second kappa shape index (κ2) is 5.73. The van der Waals surface area contributed by atoms with E-state index in [1.54, 1.807) is 18.4 Å². The first-order chi connectivity index (χ1) is 9.70. The van der Waals surface area contributed by atoms with Crippen molar-refractivity contribution in [1.29, 1.82) is 0 Å². The number of halogens is 1. The number of benzene rings is 1. The molecule has 4 nitrogen and oxygen atoms in total. The monoisotopic (exact) mass is 276 g/mol. The molecule has 3 rings (SSSR count). The summed E-state index contributed by atoms with van der Waals surface area (Å²) in [5.41, 5.74) is 1.59. The summed E-state index contributed by atoms with van der Waals surface area (Å²) in [6.07, 6.45) is 3.26. The number of β-amino-alcohol motifs (C(OH)–C–C–N with tert-alkyl or cyclic N) is 1. The second-order valence-electron chi connectivity index (χ2n) is 5.18. The quantitative estimate of drug-likeness (QED) is 0.935. The van der Waals surface area contributed by atoms with Crippen molar-refractivity contribution in [3.05, 3.63) is 42.0 Å². The molecule has 0 amide bonds. The molecule has 1 fully saturated rings. The summed E-state index contributed by atoms with van der Waals surface area (Å²) >= 11 is 0. The van der Waals surface area contributed by atoms with E-state index in [1.165, 1.54) is 12.1 Å². The fourth-order valence-electron chi connectivity index (χ4n) is 2.51. The molecule has 1 aromatic carbocycles. The summed E-state index contributed by atoms with van der Waals surface area (Å²) in [5.74, 6) is 0.223. The van der Waals surface area contributed by atoms with Crippen molar-refractivity contribution in [1.82, 2.24) is 9.88 Å². The molecule has 0 bridgehead atoms. The third-order valence-corrected chi connectivity index (χ3v) is 3.51. The first kappa shape index (κ1) is 13.3. The van der Waals surface area contributed by atoms with Crippen LogP contribution in [-0.2, 0) is 6.54 Å². The number of rotatable bonds is 3. The lowest BCUT2D eigenvalue weighted by atomic mass is 10.1. The number of likely N-dealkylation sites (tertiary alicyclic amines) is 1. The van der Waals surface area contributed by atoms with Crippen LogP contribution < -0.4 is 0 Å². The average Bonchev–Trinajstić information content (AvgIpc) is 2.88. The van der Waals surface area contributed by atoms with Crippen LogP contribution in [0.3, 0.4) is 0 Å². The maximum Gasteiger partial charge on any atom is 0.226 e. The first-order valence-electron chi connectivity index (χ1n) is 6.81. The van der Waals surface area contributed by atoms with Gasteiger partial charge in [-0.3, -0.25) is 4.90 Å². The predicted octanol–water partition coefficient (Wildman–Crippen LogP) is 2.44. The molecule has 0 radical (unpaired) electrons. The molecule has 1 atom stereocenters. The van der Waals surface area contributed by atoms with Gasteiger partial charge in [-0.05, 0) is 43.7 Å². The molecular weight excluding hydrogens is 259 g/mol. The molecule has 1 aromatic heterocycles. The molecule has 20 heavy (non-hydrogen) atoms. The Bertz CT molecular complexity index is 568. The van der Waals surface area contributed by atoms with Crippen molar-refractivity contribution < 1.29 is 13.9 Å². The largest absolute Gasteiger partial charge is 0.444 e. The molecule has 0 unspecified atom stereocenters. The molecule has 5 heteroatoms. The van der Waals surface area contributed by atoms with Crippen molar-refractivity contribution in [3.63, 3.8) is 0 Å². The maximum absolute atomic E-state index is 12.9. The van der Waals surface area contributed by atoms with Crippen LogP contribution in [0.5, 0.6) is 0 Å². The minimum absolute atomic E-state index is 0.243. The minimum atomic E-state index is -0.275. The van der Waals surface area contributed by atoms with Crippen molar-refractivity contribution in [3.8, 4) is 11.5 Å². The van der Waals surface area contributed by atoms with Gasteiger partial charge in [0.25, 0.3) is 0 Å². The Kier molecular flexibility index (Phi) is 3.80. The van der Waals surface area contributed by atoms with E-state index in [2.05, 4.69) is 9.88 Å². The molecule has 1 saturated heterocycles. The Labute approximate surface area is 116 Å². The zero-order valence-electron chi connectivity index (χ0n) is 11.1. The maximum atomic E-state index is 12.9. The van der Waals surface area contributed by atoms with Gasteiger partial charge in [-0.15, -0.1) is 0 Å². The Balaban J connectivity index is 1.69. The Morgan fingerprint density at radius 1 is 1.35 bits per heavy atom. The topological polar surface area (TPSA) is 49.5 Å². The number of aliphatic hydroxyl groups is 1. The van der Waals surface area contributed by atoms with Crippen molar-refractivity contribution in [2.24, 2.45) is 0 Å². The lowest BCUT2D eigenvalue weighted by Gasteiger charge is -2.29. The predicted molar refractivity (Wildman–Crippen MR) is 72.4 cm³/mol. The van der Waals surface area contributed by atoms with Gasteiger partial charge in [-0.2, -0.15) is 0 Å². The van der Waals surface area contributed by atoms with Crippen LogP contribution in [-0.4, -0.2) is 34.2 Å². The number of piperidine rings is 1. The molecule has 1 N–H and O–H groups in total. The molecule has 106 valence electrons.